The Morgan fingerprint density at radius 1 is 1.29 bits per heavy atom. The summed E-state index contributed by atoms with van der Waals surface area (Å²) in [5, 5.41) is 2.21. The lowest BCUT2D eigenvalue weighted by Gasteiger charge is -2.54. The van der Waals surface area contributed by atoms with Crippen LogP contribution in [0.15, 0.2) is 42.9 Å². The van der Waals surface area contributed by atoms with Crippen molar-refractivity contribution in [3.63, 3.8) is 0 Å². The highest BCUT2D eigenvalue weighted by atomic mass is 35.5. The van der Waals surface area contributed by atoms with Gasteiger partial charge >= 0.3 is 0 Å². The molecule has 3 aromatic rings. The number of anilines is 1. The van der Waals surface area contributed by atoms with E-state index in [-0.39, 0.29) is 10.7 Å². The van der Waals surface area contributed by atoms with Gasteiger partial charge in [-0.1, -0.05) is 11.6 Å². The van der Waals surface area contributed by atoms with Gasteiger partial charge in [0.05, 0.1) is 35.2 Å². The molecule has 3 atom stereocenters. The Morgan fingerprint density at radius 2 is 2.00 bits per heavy atom. The van der Waals surface area contributed by atoms with E-state index in [0.29, 0.717) is 19.8 Å². The van der Waals surface area contributed by atoms with Crippen LogP contribution in [-0.2, 0) is 27.5 Å². The van der Waals surface area contributed by atoms with Crippen LogP contribution in [0.2, 0.25) is 10.8 Å². The van der Waals surface area contributed by atoms with Crippen LogP contribution in [0.25, 0.3) is 10.6 Å². The lowest BCUT2D eigenvalue weighted by atomic mass is 9.47. The first-order valence-corrected chi connectivity index (χ1v) is 12.4. The molecule has 0 saturated carbocycles. The van der Waals surface area contributed by atoms with Crippen LogP contribution in [0.5, 0.6) is 0 Å². The molecule has 8 nitrogen and oxygen atoms in total. The number of amides is 1. The fourth-order valence-electron chi connectivity index (χ4n) is 3.62. The lowest BCUT2D eigenvalue weighted by Crippen LogP contribution is -2.74. The summed E-state index contributed by atoms with van der Waals surface area (Å²) >= 11 is 6.93. The van der Waals surface area contributed by atoms with Gasteiger partial charge in [0.2, 0.25) is 5.91 Å². The van der Waals surface area contributed by atoms with Gasteiger partial charge in [0.1, 0.15) is 21.5 Å². The summed E-state index contributed by atoms with van der Waals surface area (Å²) < 4.78 is 44.2. The van der Waals surface area contributed by atoms with E-state index in [1.165, 1.54) is 6.07 Å². The molecule has 1 amide bonds. The van der Waals surface area contributed by atoms with Crippen molar-refractivity contribution < 1.29 is 17.6 Å². The maximum Gasteiger partial charge on any atom is 0.279 e. The number of benzene rings is 1. The van der Waals surface area contributed by atoms with E-state index in [9.17, 15) is 17.6 Å². The summed E-state index contributed by atoms with van der Waals surface area (Å²) in [6, 6.07) is 6.77. The summed E-state index contributed by atoms with van der Waals surface area (Å²) in [5.74, 6) is -3.13. The van der Waals surface area contributed by atoms with Crippen LogP contribution < -0.4 is 10.0 Å². The molecule has 1 aromatic carbocycles. The Bertz CT molecular complexity index is 1390. The first kappa shape index (κ1) is 25.0. The Hall–Kier alpha value is -2.12. The Kier molecular flexibility index (Phi) is 6.27. The van der Waals surface area contributed by atoms with E-state index < -0.39 is 38.6 Å². The second-order valence-electron chi connectivity index (χ2n) is 7.92. The number of nitrogens with one attached hydrogen (secondary N) is 2. The molecule has 6 radical (unpaired) electrons. The predicted molar refractivity (Wildman–Crippen MR) is 132 cm³/mol. The molecule has 0 spiro atoms. The smallest absolute Gasteiger partial charge is 0.279 e. The van der Waals surface area contributed by atoms with Crippen molar-refractivity contribution in [1.82, 2.24) is 18.6 Å². The number of aryl methyl sites for hydroxylation is 1. The third kappa shape index (κ3) is 4.01. The summed E-state index contributed by atoms with van der Waals surface area (Å²) in [6.45, 7) is 0. The molecule has 2 N–H and O–H groups in total. The maximum atomic E-state index is 13.5. The number of aromatic nitrogens is 2. The minimum Gasteiger partial charge on any atom is -0.340 e. The van der Waals surface area contributed by atoms with Crippen LogP contribution in [-0.4, -0.2) is 64.2 Å². The molecular weight excluding hydrogens is 497 g/mol. The van der Waals surface area contributed by atoms with E-state index in [4.69, 9.17) is 35.1 Å². The van der Waals surface area contributed by atoms with Gasteiger partial charge in [0.25, 0.3) is 10.2 Å². The third-order valence-corrected chi connectivity index (χ3v) is 8.82. The average Bonchev–Trinajstić information content (AvgIpc) is 3.43. The molecule has 1 aliphatic heterocycles. The fraction of sp³-hybridized carbons (Fsp3) is 0.263. The lowest BCUT2D eigenvalue weighted by molar-refractivity contribution is -0.122. The number of nitrogens with zero attached hydrogens (tertiary/aromatic N) is 3. The first-order valence-electron chi connectivity index (χ1n) is 9.75. The highest BCUT2D eigenvalue weighted by molar-refractivity contribution is 7.87. The zero-order chi connectivity index (χ0) is 25.1. The topological polar surface area (TPSA) is 96.3 Å². The van der Waals surface area contributed by atoms with Gasteiger partial charge < -0.3 is 9.88 Å². The number of likely N-dealkylation sites (N-methyl/N-ethyl adjacent to an activating group) is 1. The zero-order valence-electron chi connectivity index (χ0n) is 18.0. The average molecular weight is 513 g/mol. The molecule has 34 heavy (non-hydrogen) atoms. The zero-order valence-corrected chi connectivity index (χ0v) is 20.4. The number of carbonyl (C=O) groups excluding carboxylic acids is 1. The van der Waals surface area contributed by atoms with Gasteiger partial charge in [-0.25, -0.2) is 14.1 Å². The normalized spacial score (nSPS) is 26.9. The highest BCUT2D eigenvalue weighted by Gasteiger charge is 2.58. The van der Waals surface area contributed by atoms with Crippen LogP contribution in [0, 0.1) is 5.82 Å². The number of halogens is 2. The van der Waals surface area contributed by atoms with Crippen molar-refractivity contribution in [2.75, 3.05) is 12.4 Å². The number of carbonyl (C=O) groups is 1. The SMILES string of the molecule is [B]C1[C@]([B])(C(=O)Nc2ccc(F)c(Cl)c2)N(C)S(=O)(=O)N[C@]1([B])c1ccc(-c2cn(C)cn2)s1. The molecule has 0 aliphatic carbocycles. The Labute approximate surface area is 209 Å². The van der Waals surface area contributed by atoms with E-state index in [1.54, 1.807) is 29.2 Å². The van der Waals surface area contributed by atoms with Crippen LogP contribution in [0.1, 0.15) is 4.88 Å². The molecule has 3 heterocycles. The van der Waals surface area contributed by atoms with Gasteiger partial charge in [-0.2, -0.15) is 12.7 Å². The number of hydrogen-bond donors (Lipinski definition) is 2. The van der Waals surface area contributed by atoms with E-state index in [1.807, 2.05) is 7.05 Å². The number of hydrogen-bond acceptors (Lipinski definition) is 5. The highest BCUT2D eigenvalue weighted by Crippen LogP contribution is 2.47. The molecule has 15 heteroatoms. The van der Waals surface area contributed by atoms with Gasteiger partial charge in [-0.15, -0.1) is 11.3 Å². The first-order chi connectivity index (χ1) is 15.8. The van der Waals surface area contributed by atoms with Crippen molar-refractivity contribution >= 4 is 68.3 Å². The molecule has 170 valence electrons. The number of thiophene rings is 1. The van der Waals surface area contributed by atoms with Gasteiger partial charge in [-0.3, -0.25) is 4.79 Å². The van der Waals surface area contributed by atoms with Crippen LogP contribution in [0.3, 0.4) is 0 Å². The van der Waals surface area contributed by atoms with Crippen molar-refractivity contribution in [1.29, 1.82) is 0 Å². The van der Waals surface area contributed by atoms with Gasteiger partial charge in [-0.05, 0) is 36.1 Å². The Morgan fingerprint density at radius 3 is 2.62 bits per heavy atom. The standard InChI is InChI=1S/C19H16B3ClFN5O3S2/c1-28-8-13(25-9-28)14-5-6-15(33-14)18(21)16(20)19(22,29(2)34(31,32)27-18)17(30)26-10-3-4-12(24)11(23)7-10/h3-9,16,27H,1-2H3,(H,26,30)/t16?,18-,19-/m1/s1. The number of rotatable bonds is 4. The molecular formula is C19H16B3ClFN5O3S2. The van der Waals surface area contributed by atoms with Gasteiger partial charge in [0.15, 0.2) is 0 Å². The van der Waals surface area contributed by atoms with E-state index in [2.05, 4.69) is 15.0 Å². The molecule has 1 aliphatic rings. The molecule has 4 rings (SSSR count). The summed E-state index contributed by atoms with van der Waals surface area (Å²) in [4.78, 5) is 18.6. The maximum absolute atomic E-state index is 13.5. The summed E-state index contributed by atoms with van der Waals surface area (Å²) in [7, 11) is 17.9. The predicted octanol–water partition coefficient (Wildman–Crippen LogP) is 1.50. The summed E-state index contributed by atoms with van der Waals surface area (Å²) in [6.07, 6.45) is 3.40. The third-order valence-electron chi connectivity index (χ3n) is 5.66. The molecule has 2 aromatic heterocycles. The molecule has 0 bridgehead atoms. The molecule has 1 saturated heterocycles. The number of imidazole rings is 1. The van der Waals surface area contributed by atoms with E-state index in [0.717, 1.165) is 30.5 Å². The van der Waals surface area contributed by atoms with Crippen molar-refractivity contribution in [3.05, 3.63) is 58.6 Å². The second-order valence-corrected chi connectivity index (χ2v) is 11.1. The van der Waals surface area contributed by atoms with Crippen molar-refractivity contribution in [2.45, 2.75) is 16.7 Å². The van der Waals surface area contributed by atoms with Gasteiger partial charge in [0, 0.05) is 36.3 Å². The summed E-state index contributed by atoms with van der Waals surface area (Å²) in [5.41, 5.74) is -3.52. The Balaban J connectivity index is 1.74. The minimum atomic E-state index is -4.37. The minimum absolute atomic E-state index is 0.0916. The largest absolute Gasteiger partial charge is 0.340 e. The van der Waals surface area contributed by atoms with Crippen molar-refractivity contribution in [3.8, 4) is 10.6 Å². The van der Waals surface area contributed by atoms with Crippen LogP contribution in [0.4, 0.5) is 10.1 Å². The van der Waals surface area contributed by atoms with E-state index >= 15 is 0 Å². The fourth-order valence-corrected chi connectivity index (χ4v) is 6.32. The van der Waals surface area contributed by atoms with Crippen molar-refractivity contribution in [2.24, 2.45) is 7.05 Å². The molecule has 1 unspecified atom stereocenters. The molecule has 1 fully saturated rings. The monoisotopic (exact) mass is 513 g/mol. The van der Waals surface area contributed by atoms with Crippen LogP contribution >= 0.6 is 22.9 Å². The second kappa shape index (κ2) is 8.52. The quantitative estimate of drug-likeness (QED) is 0.517.